The highest BCUT2D eigenvalue weighted by atomic mass is 15.2. The van der Waals surface area contributed by atoms with E-state index in [2.05, 4.69) is 54.4 Å². The van der Waals surface area contributed by atoms with E-state index >= 15 is 0 Å². The van der Waals surface area contributed by atoms with Gasteiger partial charge in [0.05, 0.1) is 0 Å². The molecular formula is C19H30N2. The number of nitrogens with zero attached hydrogens (tertiary/aromatic N) is 1. The Kier molecular flexibility index (Phi) is 4.66. The summed E-state index contributed by atoms with van der Waals surface area (Å²) < 4.78 is 0. The minimum atomic E-state index is 0.559. The van der Waals surface area contributed by atoms with Crippen molar-refractivity contribution in [2.24, 2.45) is 5.41 Å². The maximum Gasteiger partial charge on any atom is 0.0473 e. The maximum absolute atomic E-state index is 3.78. The van der Waals surface area contributed by atoms with Crippen LogP contribution in [0.2, 0.25) is 0 Å². The second-order valence-electron chi connectivity index (χ2n) is 7.10. The minimum absolute atomic E-state index is 0.559. The van der Waals surface area contributed by atoms with Gasteiger partial charge in [0, 0.05) is 31.7 Å². The summed E-state index contributed by atoms with van der Waals surface area (Å²) in [6.45, 7) is 8.29. The predicted octanol–water partition coefficient (Wildman–Crippen LogP) is 3.99. The predicted molar refractivity (Wildman–Crippen MR) is 89.4 cm³/mol. The van der Waals surface area contributed by atoms with Gasteiger partial charge >= 0.3 is 0 Å². The molecule has 2 unspecified atom stereocenters. The van der Waals surface area contributed by atoms with Crippen molar-refractivity contribution in [3.63, 3.8) is 0 Å². The topological polar surface area (TPSA) is 15.3 Å². The number of nitrogens with one attached hydrogen (secondary N) is 1. The normalized spacial score (nSPS) is 28.5. The zero-order chi connectivity index (χ0) is 14.7. The Labute approximate surface area is 129 Å². The largest absolute Gasteiger partial charge is 0.311 e. The quantitative estimate of drug-likeness (QED) is 0.850. The van der Waals surface area contributed by atoms with Gasteiger partial charge in [0.2, 0.25) is 0 Å². The smallest absolute Gasteiger partial charge is 0.0473 e. The average molecular weight is 286 g/mol. The molecule has 1 aromatic rings. The van der Waals surface area contributed by atoms with Gasteiger partial charge in [-0.1, -0.05) is 50.6 Å². The van der Waals surface area contributed by atoms with Gasteiger partial charge < -0.3 is 5.32 Å². The molecule has 116 valence electrons. The van der Waals surface area contributed by atoms with Crippen LogP contribution in [0.5, 0.6) is 0 Å². The number of hydrogen-bond acceptors (Lipinski definition) is 2. The van der Waals surface area contributed by atoms with E-state index in [4.69, 9.17) is 0 Å². The molecule has 1 aliphatic carbocycles. The van der Waals surface area contributed by atoms with Gasteiger partial charge in [0.15, 0.2) is 0 Å². The molecule has 3 rings (SSSR count). The van der Waals surface area contributed by atoms with Crippen LogP contribution in [0.1, 0.15) is 57.6 Å². The Morgan fingerprint density at radius 1 is 1.19 bits per heavy atom. The Hall–Kier alpha value is -0.860. The van der Waals surface area contributed by atoms with Crippen molar-refractivity contribution in [2.45, 2.75) is 58.0 Å². The molecular weight excluding hydrogens is 256 g/mol. The third-order valence-corrected chi connectivity index (χ3v) is 5.56. The molecule has 0 spiro atoms. The van der Waals surface area contributed by atoms with Crippen LogP contribution in [0.3, 0.4) is 0 Å². The molecule has 2 fully saturated rings. The number of hydrogen-bond donors (Lipinski definition) is 1. The molecule has 2 aliphatic rings. The summed E-state index contributed by atoms with van der Waals surface area (Å²) in [6.07, 6.45) is 6.80. The highest BCUT2D eigenvalue weighted by molar-refractivity contribution is 5.20. The Bertz CT molecular complexity index is 438. The van der Waals surface area contributed by atoms with Gasteiger partial charge in [0.1, 0.15) is 0 Å². The van der Waals surface area contributed by atoms with E-state index in [1.54, 1.807) is 0 Å². The Balaban J connectivity index is 1.74. The van der Waals surface area contributed by atoms with Crippen molar-refractivity contribution < 1.29 is 0 Å². The van der Waals surface area contributed by atoms with Crippen LogP contribution in [0.25, 0.3) is 0 Å². The molecule has 1 aliphatic heterocycles. The zero-order valence-corrected chi connectivity index (χ0v) is 13.6. The molecule has 1 heterocycles. The summed E-state index contributed by atoms with van der Waals surface area (Å²) in [5, 5.41) is 3.78. The molecule has 0 amide bonds. The summed E-state index contributed by atoms with van der Waals surface area (Å²) in [4.78, 5) is 2.78. The maximum atomic E-state index is 3.78. The number of piperazine rings is 1. The molecule has 2 heteroatoms. The summed E-state index contributed by atoms with van der Waals surface area (Å²) in [7, 11) is 0. The molecule has 21 heavy (non-hydrogen) atoms. The third-order valence-electron chi connectivity index (χ3n) is 5.56. The highest BCUT2D eigenvalue weighted by Crippen LogP contribution is 2.50. The van der Waals surface area contributed by atoms with E-state index < -0.39 is 0 Å². The first-order valence-corrected chi connectivity index (χ1v) is 8.79. The molecule has 0 radical (unpaired) electrons. The van der Waals surface area contributed by atoms with Gasteiger partial charge in [-0.2, -0.15) is 0 Å². The van der Waals surface area contributed by atoms with Crippen molar-refractivity contribution in [1.82, 2.24) is 10.2 Å². The van der Waals surface area contributed by atoms with E-state index in [0.717, 1.165) is 6.54 Å². The van der Waals surface area contributed by atoms with Crippen LogP contribution in [-0.4, -0.2) is 30.6 Å². The average Bonchev–Trinajstić information content (AvgIpc) is 3.29. The molecule has 1 aromatic carbocycles. The lowest BCUT2D eigenvalue weighted by Gasteiger charge is -2.42. The van der Waals surface area contributed by atoms with Crippen LogP contribution >= 0.6 is 0 Å². The summed E-state index contributed by atoms with van der Waals surface area (Å²) in [5.74, 6) is 0. The lowest BCUT2D eigenvalue weighted by molar-refractivity contribution is 0.0991. The first-order valence-electron chi connectivity index (χ1n) is 8.79. The van der Waals surface area contributed by atoms with Crippen LogP contribution in [0.15, 0.2) is 30.3 Å². The van der Waals surface area contributed by atoms with Crippen molar-refractivity contribution in [1.29, 1.82) is 0 Å². The van der Waals surface area contributed by atoms with Crippen molar-refractivity contribution in [3.05, 3.63) is 35.9 Å². The van der Waals surface area contributed by atoms with Crippen molar-refractivity contribution in [3.8, 4) is 0 Å². The van der Waals surface area contributed by atoms with E-state index in [1.807, 2.05) is 0 Å². The standard InChI is InChI=1S/C19H30N2/c1-3-8-17-14-21(15-19(4-2)11-12-19)18(13-20-17)16-9-6-5-7-10-16/h5-7,9-10,17-18,20H,3-4,8,11-15H2,1-2H3. The molecule has 2 atom stereocenters. The molecule has 0 aromatic heterocycles. The van der Waals surface area contributed by atoms with E-state index in [9.17, 15) is 0 Å². The molecule has 1 saturated carbocycles. The second-order valence-corrected chi connectivity index (χ2v) is 7.10. The lowest BCUT2D eigenvalue weighted by Crippen LogP contribution is -2.53. The summed E-state index contributed by atoms with van der Waals surface area (Å²) in [5.41, 5.74) is 2.12. The van der Waals surface area contributed by atoms with E-state index in [1.165, 1.54) is 50.8 Å². The van der Waals surface area contributed by atoms with Gasteiger partial charge in [-0.05, 0) is 36.7 Å². The van der Waals surface area contributed by atoms with Crippen LogP contribution in [-0.2, 0) is 0 Å². The minimum Gasteiger partial charge on any atom is -0.311 e. The lowest BCUT2D eigenvalue weighted by atomic mass is 9.95. The molecule has 0 bridgehead atoms. The fourth-order valence-electron chi connectivity index (χ4n) is 3.83. The first-order chi connectivity index (χ1) is 10.3. The van der Waals surface area contributed by atoms with Crippen molar-refractivity contribution in [2.75, 3.05) is 19.6 Å². The van der Waals surface area contributed by atoms with Gasteiger partial charge in [-0.3, -0.25) is 4.90 Å². The van der Waals surface area contributed by atoms with Gasteiger partial charge in [0.25, 0.3) is 0 Å². The van der Waals surface area contributed by atoms with Crippen LogP contribution in [0, 0.1) is 5.41 Å². The molecule has 1 N–H and O–H groups in total. The third kappa shape index (κ3) is 3.49. The van der Waals surface area contributed by atoms with E-state index in [-0.39, 0.29) is 0 Å². The Morgan fingerprint density at radius 3 is 2.57 bits per heavy atom. The monoisotopic (exact) mass is 286 g/mol. The van der Waals surface area contributed by atoms with Gasteiger partial charge in [-0.25, -0.2) is 0 Å². The van der Waals surface area contributed by atoms with Crippen LogP contribution < -0.4 is 5.32 Å². The zero-order valence-electron chi connectivity index (χ0n) is 13.6. The summed E-state index contributed by atoms with van der Waals surface area (Å²) in [6, 6.07) is 12.3. The fraction of sp³-hybridized carbons (Fsp3) is 0.684. The van der Waals surface area contributed by atoms with E-state index in [0.29, 0.717) is 17.5 Å². The molecule has 1 saturated heterocycles. The highest BCUT2D eigenvalue weighted by Gasteiger charge is 2.44. The summed E-state index contributed by atoms with van der Waals surface area (Å²) >= 11 is 0. The number of rotatable bonds is 6. The Morgan fingerprint density at radius 2 is 1.95 bits per heavy atom. The second kappa shape index (κ2) is 6.50. The van der Waals surface area contributed by atoms with Gasteiger partial charge in [-0.15, -0.1) is 0 Å². The fourth-order valence-corrected chi connectivity index (χ4v) is 3.83. The van der Waals surface area contributed by atoms with Crippen LogP contribution in [0.4, 0.5) is 0 Å². The van der Waals surface area contributed by atoms with Crippen molar-refractivity contribution >= 4 is 0 Å². The molecule has 2 nitrogen and oxygen atoms in total. The number of benzene rings is 1. The first kappa shape index (κ1) is 15.1. The SMILES string of the molecule is CCCC1CN(CC2(CC)CC2)C(c2ccccc2)CN1.